The summed E-state index contributed by atoms with van der Waals surface area (Å²) in [6.45, 7) is 3.40. The number of pyridine rings is 1. The first-order chi connectivity index (χ1) is 33.9. The van der Waals surface area contributed by atoms with Gasteiger partial charge in [-0.25, -0.2) is 19.6 Å². The Kier molecular flexibility index (Phi) is 16.9. The van der Waals surface area contributed by atoms with E-state index in [1.54, 1.807) is 48.5 Å². The van der Waals surface area contributed by atoms with Crippen LogP contribution in [0.5, 0.6) is 40.4 Å². The molecule has 71 heavy (non-hydrogen) atoms. The summed E-state index contributed by atoms with van der Waals surface area (Å²) in [6, 6.07) is 26.8. The Labute approximate surface area is 404 Å². The van der Waals surface area contributed by atoms with Crippen molar-refractivity contribution < 1.29 is 75.8 Å². The minimum atomic E-state index is -4.55. The van der Waals surface area contributed by atoms with E-state index in [1.807, 2.05) is 20.8 Å². The Morgan fingerprint density at radius 2 is 1.34 bits per heavy atom. The third kappa shape index (κ3) is 15.0. The first-order valence-electron chi connectivity index (χ1n) is 20.8. The van der Waals surface area contributed by atoms with Gasteiger partial charge in [0.2, 0.25) is 5.75 Å². The third-order valence-electron chi connectivity index (χ3n) is 9.50. The molecule has 25 heteroatoms. The second kappa shape index (κ2) is 23.3. The second-order valence-electron chi connectivity index (χ2n) is 15.6. The van der Waals surface area contributed by atoms with Gasteiger partial charge in [-0.1, -0.05) is 63.2 Å². The summed E-state index contributed by atoms with van der Waals surface area (Å²) in [4.78, 5) is 70.0. The van der Waals surface area contributed by atoms with Crippen molar-refractivity contribution in [3.05, 3.63) is 152 Å². The van der Waals surface area contributed by atoms with E-state index in [0.29, 0.717) is 11.3 Å². The van der Waals surface area contributed by atoms with Gasteiger partial charge in [-0.3, -0.25) is 4.72 Å². The van der Waals surface area contributed by atoms with E-state index < -0.39 is 82.5 Å². The minimum Gasteiger partial charge on any atom is -0.497 e. The van der Waals surface area contributed by atoms with E-state index in [-0.39, 0.29) is 50.4 Å². The number of para-hydroxylation sites is 2. The smallest absolute Gasteiger partial charge is 0.497 e. The van der Waals surface area contributed by atoms with Crippen molar-refractivity contribution in [2.24, 2.45) is 0 Å². The van der Waals surface area contributed by atoms with Gasteiger partial charge in [0, 0.05) is 11.8 Å². The fourth-order valence-corrected chi connectivity index (χ4v) is 6.95. The molecule has 2 aromatic heterocycles. The second-order valence-corrected chi connectivity index (χ2v) is 17.2. The Bertz CT molecular complexity index is 2950. The standard InChI is InChI=1S/C46H44N6O18S/c1-46(2,3)32-18-21-39(47-24-32)71(59,60)50-42-40(70-38-15-7-6-14-37(38)62-5)43(49-41(48-42)31-16-19-33(61-4)20-17-31)63-27-36(69-45(54)68-35-13-9-11-30(23-35)26-66-52(57)58)28-64-44(53)67-34-12-8-10-29(22-34)25-65-51(55)56/h6-24,36H,25-28H2,1-5H3,(H,48,49,50). The van der Waals surface area contributed by atoms with Crippen LogP contribution >= 0.6 is 0 Å². The number of anilines is 1. The predicted octanol–water partition coefficient (Wildman–Crippen LogP) is 8.04. The molecule has 0 spiro atoms. The number of sulfonamides is 1. The summed E-state index contributed by atoms with van der Waals surface area (Å²) < 4.78 is 75.5. The highest BCUT2D eigenvalue weighted by molar-refractivity contribution is 7.92. The van der Waals surface area contributed by atoms with Gasteiger partial charge in [0.15, 0.2) is 34.3 Å². The van der Waals surface area contributed by atoms with Crippen LogP contribution in [-0.2, 0) is 47.8 Å². The summed E-state index contributed by atoms with van der Waals surface area (Å²) in [5.74, 6) is -0.890. The van der Waals surface area contributed by atoms with Crippen molar-refractivity contribution in [1.82, 2.24) is 15.0 Å². The lowest BCUT2D eigenvalue weighted by molar-refractivity contribution is -0.763. The number of rotatable bonds is 22. The number of benzene rings is 4. The molecule has 1 N–H and O–H groups in total. The SMILES string of the molecule is COc1ccc(-c2nc(NS(=O)(=O)c3ccc(C(C)(C)C)cn3)c(Oc3ccccc3OC)c(OCC(COC(=O)Oc3cccc(CO[N+](=O)[O-])c3)OC(=O)Oc3cccc(CO[N+](=O)[O-])c3)n2)cc1. The minimum absolute atomic E-state index is 0.0519. The van der Waals surface area contributed by atoms with Crippen molar-refractivity contribution >= 4 is 28.2 Å². The maximum absolute atomic E-state index is 14.1. The third-order valence-corrected chi connectivity index (χ3v) is 10.8. The van der Waals surface area contributed by atoms with Crippen LogP contribution in [0.15, 0.2) is 120 Å². The average Bonchev–Trinajstić information content (AvgIpc) is 3.34. The van der Waals surface area contributed by atoms with Gasteiger partial charge in [-0.15, -0.1) is 20.2 Å². The van der Waals surface area contributed by atoms with Crippen LogP contribution in [0.2, 0.25) is 0 Å². The van der Waals surface area contributed by atoms with Gasteiger partial charge in [0.1, 0.15) is 43.7 Å². The molecule has 4 aromatic carbocycles. The molecular formula is C46H44N6O18S. The van der Waals surface area contributed by atoms with E-state index in [0.717, 1.165) is 5.56 Å². The van der Waals surface area contributed by atoms with Gasteiger partial charge in [0.25, 0.3) is 26.1 Å². The lowest BCUT2D eigenvalue weighted by atomic mass is 9.88. The Morgan fingerprint density at radius 3 is 1.90 bits per heavy atom. The first-order valence-corrected chi connectivity index (χ1v) is 22.3. The Balaban J connectivity index is 1.37. The van der Waals surface area contributed by atoms with E-state index in [1.165, 1.54) is 81.1 Å². The molecule has 0 aliphatic heterocycles. The molecule has 372 valence electrons. The molecule has 0 saturated carbocycles. The number of aromatic nitrogens is 3. The number of nitrogens with one attached hydrogen (secondary N) is 1. The molecule has 1 atom stereocenters. The highest BCUT2D eigenvalue weighted by Crippen LogP contribution is 2.42. The van der Waals surface area contributed by atoms with Crippen LogP contribution in [0.25, 0.3) is 11.4 Å². The molecule has 0 fully saturated rings. The normalized spacial score (nSPS) is 11.5. The maximum Gasteiger partial charge on any atom is 0.514 e. The molecular weight excluding hydrogens is 957 g/mol. The highest BCUT2D eigenvalue weighted by Gasteiger charge is 2.29. The van der Waals surface area contributed by atoms with Gasteiger partial charge in [-0.2, -0.15) is 13.4 Å². The van der Waals surface area contributed by atoms with Gasteiger partial charge in [-0.05, 0) is 88.8 Å². The highest BCUT2D eigenvalue weighted by atomic mass is 32.2. The fourth-order valence-electron chi connectivity index (χ4n) is 6.02. The number of methoxy groups -OCH3 is 2. The zero-order valence-electron chi connectivity index (χ0n) is 38.4. The van der Waals surface area contributed by atoms with Crippen molar-refractivity contribution in [3.63, 3.8) is 0 Å². The summed E-state index contributed by atoms with van der Waals surface area (Å²) in [6.07, 6.45) is -2.83. The maximum atomic E-state index is 14.1. The number of carbonyl (C=O) groups is 2. The summed E-state index contributed by atoms with van der Waals surface area (Å²) in [7, 11) is -1.70. The van der Waals surface area contributed by atoms with Crippen LogP contribution in [0.3, 0.4) is 0 Å². The Morgan fingerprint density at radius 1 is 0.718 bits per heavy atom. The molecule has 6 rings (SSSR count). The topological polar surface area (TPSA) is 298 Å². The van der Waals surface area contributed by atoms with Crippen molar-refractivity contribution in [2.75, 3.05) is 32.2 Å². The number of hydrogen-bond donors (Lipinski definition) is 1. The Hall–Kier alpha value is -9.00. The van der Waals surface area contributed by atoms with Crippen molar-refractivity contribution in [1.29, 1.82) is 0 Å². The largest absolute Gasteiger partial charge is 0.514 e. The molecule has 0 aliphatic carbocycles. The molecule has 2 heterocycles. The fraction of sp³-hybridized carbons (Fsp3) is 0.239. The predicted molar refractivity (Wildman–Crippen MR) is 246 cm³/mol. The summed E-state index contributed by atoms with van der Waals surface area (Å²) in [5.41, 5.74) is 1.29. The van der Waals surface area contributed by atoms with E-state index in [2.05, 4.69) is 29.3 Å². The monoisotopic (exact) mass is 1000 g/mol. The average molecular weight is 1000 g/mol. The summed E-state index contributed by atoms with van der Waals surface area (Å²) >= 11 is 0. The molecule has 0 aliphatic rings. The molecule has 0 amide bonds. The van der Waals surface area contributed by atoms with Crippen LogP contribution in [-0.4, -0.2) is 79.4 Å². The van der Waals surface area contributed by atoms with Gasteiger partial charge >= 0.3 is 12.3 Å². The molecule has 0 radical (unpaired) electrons. The van der Waals surface area contributed by atoms with Gasteiger partial charge in [0.05, 0.1) is 14.2 Å². The van der Waals surface area contributed by atoms with E-state index >= 15 is 0 Å². The molecule has 24 nitrogen and oxygen atoms in total. The zero-order valence-corrected chi connectivity index (χ0v) is 39.2. The molecule has 0 saturated heterocycles. The van der Waals surface area contributed by atoms with Gasteiger partial charge < -0.3 is 47.6 Å². The zero-order chi connectivity index (χ0) is 51.1. The first kappa shape index (κ1) is 51.4. The van der Waals surface area contributed by atoms with E-state index in [9.17, 15) is 38.2 Å². The molecule has 6 aromatic rings. The van der Waals surface area contributed by atoms with Crippen LogP contribution < -0.4 is 33.1 Å². The summed E-state index contributed by atoms with van der Waals surface area (Å²) in [5, 5.41) is 19.1. The lowest BCUT2D eigenvalue weighted by Crippen LogP contribution is -2.33. The number of hydrogen-bond acceptors (Lipinski definition) is 21. The van der Waals surface area contributed by atoms with Crippen molar-refractivity contribution in [3.8, 4) is 51.8 Å². The lowest BCUT2D eigenvalue weighted by Gasteiger charge is -2.21. The number of nitrogens with zero attached hydrogens (tertiary/aromatic N) is 5. The van der Waals surface area contributed by atoms with Crippen LogP contribution in [0.4, 0.5) is 15.4 Å². The quantitative estimate of drug-likeness (QED) is 0.0291. The van der Waals surface area contributed by atoms with Crippen LogP contribution in [0.1, 0.15) is 37.5 Å². The number of carbonyl (C=O) groups excluding carboxylic acids is 2. The van der Waals surface area contributed by atoms with Crippen LogP contribution in [0, 0.1) is 20.2 Å². The van der Waals surface area contributed by atoms with Crippen molar-refractivity contribution in [2.45, 2.75) is 50.5 Å². The number of ether oxygens (including phenoxy) is 8. The molecule has 0 bridgehead atoms. The van der Waals surface area contributed by atoms with E-state index in [4.69, 9.17) is 37.9 Å². The molecule has 1 unspecified atom stereocenters.